The molecule has 0 aliphatic heterocycles. The van der Waals surface area contributed by atoms with Crippen molar-refractivity contribution in [3.8, 4) is 0 Å². The Labute approximate surface area is 116 Å². The van der Waals surface area contributed by atoms with Gasteiger partial charge in [-0.15, -0.1) is 0 Å². The predicted molar refractivity (Wildman–Crippen MR) is 73.4 cm³/mol. The number of carbonyl (C=O) groups excluding carboxylic acids is 1. The molecule has 0 aromatic carbocycles. The molecule has 0 saturated heterocycles. The van der Waals surface area contributed by atoms with E-state index in [1.807, 2.05) is 0 Å². The van der Waals surface area contributed by atoms with Gasteiger partial charge in [-0.25, -0.2) is 9.78 Å². The lowest BCUT2D eigenvalue weighted by molar-refractivity contribution is 0.0427. The second kappa shape index (κ2) is 6.88. The molecular formula is C14H18BrNO2. The van der Waals surface area contributed by atoms with E-state index in [2.05, 4.69) is 20.9 Å². The Bertz CT molecular complexity index is 383. The summed E-state index contributed by atoms with van der Waals surface area (Å²) >= 11 is 3.24. The van der Waals surface area contributed by atoms with Crippen molar-refractivity contribution in [2.24, 2.45) is 5.92 Å². The van der Waals surface area contributed by atoms with Crippen LogP contribution in [-0.4, -0.2) is 17.6 Å². The molecule has 3 nitrogen and oxygen atoms in total. The van der Waals surface area contributed by atoms with Crippen molar-refractivity contribution < 1.29 is 9.53 Å². The number of pyridine rings is 1. The molecule has 0 radical (unpaired) electrons. The summed E-state index contributed by atoms with van der Waals surface area (Å²) in [4.78, 5) is 15.8. The van der Waals surface area contributed by atoms with Gasteiger partial charge in [-0.1, -0.05) is 25.7 Å². The van der Waals surface area contributed by atoms with Crippen LogP contribution in [0.3, 0.4) is 0 Å². The normalized spacial score (nSPS) is 17.2. The Morgan fingerprint density at radius 2 is 2.00 bits per heavy atom. The van der Waals surface area contributed by atoms with Gasteiger partial charge in [0.25, 0.3) is 0 Å². The first kappa shape index (κ1) is 13.5. The van der Waals surface area contributed by atoms with Gasteiger partial charge in [-0.05, 0) is 46.8 Å². The van der Waals surface area contributed by atoms with Crippen LogP contribution < -0.4 is 0 Å². The van der Waals surface area contributed by atoms with Crippen molar-refractivity contribution in [3.63, 3.8) is 0 Å². The fraction of sp³-hybridized carbons (Fsp3) is 0.571. The molecule has 4 heteroatoms. The van der Waals surface area contributed by atoms with E-state index in [1.165, 1.54) is 38.5 Å². The molecule has 0 spiro atoms. The highest BCUT2D eigenvalue weighted by atomic mass is 79.9. The highest BCUT2D eigenvalue weighted by Crippen LogP contribution is 2.23. The number of hydrogen-bond acceptors (Lipinski definition) is 3. The Hall–Kier alpha value is -0.900. The minimum atomic E-state index is -0.265. The molecule has 0 amide bonds. The largest absolute Gasteiger partial charge is 0.462 e. The van der Waals surface area contributed by atoms with Crippen LogP contribution >= 0.6 is 15.9 Å². The molecule has 0 unspecified atom stereocenters. The van der Waals surface area contributed by atoms with E-state index in [-0.39, 0.29) is 5.97 Å². The predicted octanol–water partition coefficient (Wildman–Crippen LogP) is 3.97. The van der Waals surface area contributed by atoms with E-state index in [9.17, 15) is 4.79 Å². The summed E-state index contributed by atoms with van der Waals surface area (Å²) in [5.41, 5.74) is 0.520. The first-order valence-corrected chi connectivity index (χ1v) is 7.33. The maximum Gasteiger partial charge on any atom is 0.339 e. The van der Waals surface area contributed by atoms with Crippen molar-refractivity contribution >= 4 is 21.9 Å². The topological polar surface area (TPSA) is 39.2 Å². The molecule has 1 aliphatic rings. The van der Waals surface area contributed by atoms with Gasteiger partial charge >= 0.3 is 5.97 Å². The van der Waals surface area contributed by atoms with Crippen LogP contribution in [0.25, 0.3) is 0 Å². The van der Waals surface area contributed by atoms with Crippen LogP contribution in [-0.2, 0) is 4.74 Å². The van der Waals surface area contributed by atoms with Crippen LogP contribution in [0.5, 0.6) is 0 Å². The third-order valence-electron chi connectivity index (χ3n) is 3.39. The monoisotopic (exact) mass is 311 g/mol. The number of ether oxygens (including phenoxy) is 1. The maximum absolute atomic E-state index is 11.8. The quantitative estimate of drug-likeness (QED) is 0.481. The van der Waals surface area contributed by atoms with Crippen LogP contribution in [0.2, 0.25) is 0 Å². The van der Waals surface area contributed by atoms with Gasteiger partial charge in [0.2, 0.25) is 0 Å². The SMILES string of the molecule is O=C(OCC1CCCCCC1)c1ccc(Br)nc1. The zero-order valence-corrected chi connectivity index (χ0v) is 12.0. The van der Waals surface area contributed by atoms with E-state index < -0.39 is 0 Å². The van der Waals surface area contributed by atoms with Crippen molar-refractivity contribution in [3.05, 3.63) is 28.5 Å². The fourth-order valence-electron chi connectivity index (χ4n) is 2.30. The van der Waals surface area contributed by atoms with Crippen LogP contribution in [0, 0.1) is 5.92 Å². The third kappa shape index (κ3) is 4.09. The van der Waals surface area contributed by atoms with E-state index in [4.69, 9.17) is 4.74 Å². The summed E-state index contributed by atoms with van der Waals surface area (Å²) in [6, 6.07) is 3.48. The number of carbonyl (C=O) groups is 1. The molecule has 0 atom stereocenters. The summed E-state index contributed by atoms with van der Waals surface area (Å²) in [5.74, 6) is 0.277. The second-order valence-corrected chi connectivity index (χ2v) is 5.64. The number of hydrogen-bond donors (Lipinski definition) is 0. The van der Waals surface area contributed by atoms with E-state index in [0.717, 1.165) is 4.60 Å². The lowest BCUT2D eigenvalue weighted by Gasteiger charge is -2.13. The molecule has 1 aromatic heterocycles. The van der Waals surface area contributed by atoms with Gasteiger partial charge in [0.1, 0.15) is 4.60 Å². The van der Waals surface area contributed by atoms with E-state index in [1.54, 1.807) is 18.3 Å². The molecule has 18 heavy (non-hydrogen) atoms. The second-order valence-electron chi connectivity index (χ2n) is 4.83. The Morgan fingerprint density at radius 1 is 1.28 bits per heavy atom. The fourth-order valence-corrected chi connectivity index (χ4v) is 2.54. The van der Waals surface area contributed by atoms with Gasteiger partial charge in [-0.2, -0.15) is 0 Å². The first-order valence-electron chi connectivity index (χ1n) is 6.54. The van der Waals surface area contributed by atoms with Gasteiger partial charge in [0, 0.05) is 6.20 Å². The molecule has 2 rings (SSSR count). The average molecular weight is 312 g/mol. The Kier molecular flexibility index (Phi) is 5.17. The zero-order chi connectivity index (χ0) is 12.8. The Morgan fingerprint density at radius 3 is 2.61 bits per heavy atom. The summed E-state index contributed by atoms with van der Waals surface area (Å²) in [5, 5.41) is 0. The lowest BCUT2D eigenvalue weighted by Crippen LogP contribution is -2.14. The van der Waals surface area contributed by atoms with Crippen LogP contribution in [0.15, 0.2) is 22.9 Å². The van der Waals surface area contributed by atoms with Crippen LogP contribution in [0.1, 0.15) is 48.9 Å². The van der Waals surface area contributed by atoms with Gasteiger partial charge in [0.05, 0.1) is 12.2 Å². The molecule has 1 aromatic rings. The van der Waals surface area contributed by atoms with Gasteiger partial charge in [-0.3, -0.25) is 0 Å². The van der Waals surface area contributed by atoms with Crippen molar-refractivity contribution in [1.29, 1.82) is 0 Å². The average Bonchev–Trinajstić information content (AvgIpc) is 2.65. The van der Waals surface area contributed by atoms with E-state index >= 15 is 0 Å². The highest BCUT2D eigenvalue weighted by molar-refractivity contribution is 9.10. The smallest absolute Gasteiger partial charge is 0.339 e. The number of rotatable bonds is 3. The molecule has 1 fully saturated rings. The number of aromatic nitrogens is 1. The minimum absolute atomic E-state index is 0.265. The van der Waals surface area contributed by atoms with Crippen molar-refractivity contribution in [1.82, 2.24) is 4.98 Å². The summed E-state index contributed by atoms with van der Waals surface area (Å²) in [6.07, 6.45) is 9.09. The van der Waals surface area contributed by atoms with Crippen molar-refractivity contribution in [2.75, 3.05) is 6.61 Å². The molecule has 1 heterocycles. The third-order valence-corrected chi connectivity index (χ3v) is 3.86. The minimum Gasteiger partial charge on any atom is -0.462 e. The molecule has 0 bridgehead atoms. The molecule has 0 N–H and O–H groups in total. The molecule has 98 valence electrons. The highest BCUT2D eigenvalue weighted by Gasteiger charge is 2.15. The molecule has 1 aliphatic carbocycles. The van der Waals surface area contributed by atoms with Crippen molar-refractivity contribution in [2.45, 2.75) is 38.5 Å². The number of esters is 1. The van der Waals surface area contributed by atoms with E-state index in [0.29, 0.717) is 18.1 Å². The zero-order valence-electron chi connectivity index (χ0n) is 10.4. The summed E-state index contributed by atoms with van der Waals surface area (Å²) < 4.78 is 6.09. The number of nitrogens with zero attached hydrogens (tertiary/aromatic N) is 1. The molecule has 1 saturated carbocycles. The van der Waals surface area contributed by atoms with Crippen LogP contribution in [0.4, 0.5) is 0 Å². The standard InChI is InChI=1S/C14H18BrNO2/c15-13-8-7-12(9-16-13)14(17)18-10-11-5-3-1-2-4-6-11/h7-9,11H,1-6,10H2. The van der Waals surface area contributed by atoms with Gasteiger partial charge in [0.15, 0.2) is 0 Å². The maximum atomic E-state index is 11.8. The molecular weight excluding hydrogens is 294 g/mol. The van der Waals surface area contributed by atoms with Gasteiger partial charge < -0.3 is 4.74 Å². The first-order chi connectivity index (χ1) is 8.75. The summed E-state index contributed by atoms with van der Waals surface area (Å²) in [6.45, 7) is 0.550. The lowest BCUT2D eigenvalue weighted by atomic mass is 10.0. The summed E-state index contributed by atoms with van der Waals surface area (Å²) in [7, 11) is 0. The number of halogens is 1. The Balaban J connectivity index is 1.82.